The van der Waals surface area contributed by atoms with Crippen molar-refractivity contribution in [3.05, 3.63) is 0 Å². The quantitative estimate of drug-likeness (QED) is 0.824. The van der Waals surface area contributed by atoms with Crippen LogP contribution < -0.4 is 5.32 Å². The molecule has 1 N–H and O–H groups in total. The van der Waals surface area contributed by atoms with E-state index in [2.05, 4.69) is 5.32 Å². The van der Waals surface area contributed by atoms with Crippen molar-refractivity contribution in [2.24, 2.45) is 11.3 Å². The van der Waals surface area contributed by atoms with Gasteiger partial charge in [-0.15, -0.1) is 0 Å². The maximum absolute atomic E-state index is 12.2. The number of amides is 2. The fraction of sp³-hybridized carbons (Fsp3) is 0.857. The molecule has 0 aromatic heterocycles. The third-order valence-electron chi connectivity index (χ3n) is 4.30. The van der Waals surface area contributed by atoms with Gasteiger partial charge in [0.1, 0.15) is 5.60 Å². The molecule has 1 atom stereocenters. The van der Waals surface area contributed by atoms with Gasteiger partial charge in [-0.25, -0.2) is 4.79 Å². The minimum Gasteiger partial charge on any atom is -0.444 e. The second-order valence-corrected chi connectivity index (χ2v) is 7.14. The topological polar surface area (TPSA) is 58.6 Å². The molecular formula is C14H22N2O3. The molecule has 1 saturated heterocycles. The number of hydrogen-bond donors (Lipinski definition) is 1. The van der Waals surface area contributed by atoms with Crippen molar-refractivity contribution in [2.45, 2.75) is 51.7 Å². The van der Waals surface area contributed by atoms with Gasteiger partial charge >= 0.3 is 6.09 Å². The zero-order valence-corrected chi connectivity index (χ0v) is 11.9. The molecule has 2 amide bonds. The SMILES string of the molecule is CC(C)(C)OC(=O)N[C@H]1CCN(C(=O)C23CC2C3)C1. The third-order valence-corrected chi connectivity index (χ3v) is 4.30. The number of rotatable bonds is 2. The van der Waals surface area contributed by atoms with Crippen LogP contribution in [0.3, 0.4) is 0 Å². The molecule has 1 aliphatic heterocycles. The van der Waals surface area contributed by atoms with Gasteiger partial charge in [0.2, 0.25) is 5.91 Å². The summed E-state index contributed by atoms with van der Waals surface area (Å²) in [7, 11) is 0. The molecule has 0 aromatic rings. The fourth-order valence-electron chi connectivity index (χ4n) is 2.90. The number of carbonyl (C=O) groups is 2. The second kappa shape index (κ2) is 3.87. The highest BCUT2D eigenvalue weighted by Crippen LogP contribution is 2.76. The van der Waals surface area contributed by atoms with Crippen molar-refractivity contribution in [1.29, 1.82) is 0 Å². The van der Waals surface area contributed by atoms with Crippen molar-refractivity contribution in [3.63, 3.8) is 0 Å². The molecule has 5 heteroatoms. The highest BCUT2D eigenvalue weighted by atomic mass is 16.6. The van der Waals surface area contributed by atoms with E-state index in [9.17, 15) is 9.59 Å². The van der Waals surface area contributed by atoms with E-state index in [0.717, 1.165) is 25.8 Å². The Morgan fingerprint density at radius 3 is 2.47 bits per heavy atom. The summed E-state index contributed by atoms with van der Waals surface area (Å²) < 4.78 is 5.23. The predicted molar refractivity (Wildman–Crippen MR) is 69.5 cm³/mol. The number of fused-ring (bicyclic) bond motifs is 1. The lowest BCUT2D eigenvalue weighted by atomic mass is 10.2. The van der Waals surface area contributed by atoms with Crippen molar-refractivity contribution in [2.75, 3.05) is 13.1 Å². The number of nitrogens with zero attached hydrogens (tertiary/aromatic N) is 1. The molecule has 0 unspecified atom stereocenters. The molecule has 5 nitrogen and oxygen atoms in total. The van der Waals surface area contributed by atoms with Crippen LogP contribution >= 0.6 is 0 Å². The van der Waals surface area contributed by atoms with Crippen LogP contribution in [-0.4, -0.2) is 41.6 Å². The Morgan fingerprint density at radius 1 is 1.32 bits per heavy atom. The Labute approximate surface area is 113 Å². The first-order valence-corrected chi connectivity index (χ1v) is 7.09. The summed E-state index contributed by atoms with van der Waals surface area (Å²) in [5.41, 5.74) is -0.437. The minimum atomic E-state index is -0.480. The molecular weight excluding hydrogens is 244 g/mol. The first-order chi connectivity index (χ1) is 8.80. The number of ether oxygens (including phenoxy) is 1. The zero-order chi connectivity index (χ0) is 13.8. The maximum atomic E-state index is 12.2. The average molecular weight is 266 g/mol. The van der Waals surface area contributed by atoms with Gasteiger partial charge in [-0.1, -0.05) is 0 Å². The van der Waals surface area contributed by atoms with Gasteiger partial charge in [-0.05, 0) is 46.0 Å². The molecule has 3 fully saturated rings. The molecule has 2 aliphatic carbocycles. The van der Waals surface area contributed by atoms with Crippen LogP contribution in [0.5, 0.6) is 0 Å². The summed E-state index contributed by atoms with van der Waals surface area (Å²) in [6.07, 6.45) is 2.62. The van der Waals surface area contributed by atoms with E-state index in [0.29, 0.717) is 18.4 Å². The molecule has 0 aromatic carbocycles. The molecule has 106 valence electrons. The molecule has 0 radical (unpaired) electrons. The first kappa shape index (κ1) is 12.8. The van der Waals surface area contributed by atoms with Crippen LogP contribution in [0.2, 0.25) is 0 Å². The summed E-state index contributed by atoms with van der Waals surface area (Å²) >= 11 is 0. The van der Waals surface area contributed by atoms with Crippen LogP contribution in [0.4, 0.5) is 4.79 Å². The van der Waals surface area contributed by atoms with Crippen molar-refractivity contribution in [3.8, 4) is 0 Å². The van der Waals surface area contributed by atoms with Crippen LogP contribution in [-0.2, 0) is 9.53 Å². The van der Waals surface area contributed by atoms with Gasteiger partial charge in [-0.3, -0.25) is 4.79 Å². The minimum absolute atomic E-state index is 0.0335. The summed E-state index contributed by atoms with van der Waals surface area (Å²) in [5, 5.41) is 2.85. The Kier molecular flexibility index (Phi) is 2.60. The number of alkyl carbamates (subject to hydrolysis) is 1. The average Bonchev–Trinajstić information content (AvgIpc) is 3.04. The van der Waals surface area contributed by atoms with Gasteiger partial charge in [-0.2, -0.15) is 0 Å². The maximum Gasteiger partial charge on any atom is 0.407 e. The van der Waals surface area contributed by atoms with Crippen molar-refractivity contribution >= 4 is 12.0 Å². The summed E-state index contributed by atoms with van der Waals surface area (Å²) in [6.45, 7) is 6.92. The van der Waals surface area contributed by atoms with Gasteiger partial charge in [0, 0.05) is 13.1 Å². The van der Waals surface area contributed by atoms with E-state index in [4.69, 9.17) is 4.74 Å². The largest absolute Gasteiger partial charge is 0.444 e. The summed E-state index contributed by atoms with van der Waals surface area (Å²) in [5.74, 6) is 0.990. The Hall–Kier alpha value is -1.26. The fourth-order valence-corrected chi connectivity index (χ4v) is 2.90. The number of hydrogen-bond acceptors (Lipinski definition) is 3. The summed E-state index contributed by atoms with van der Waals surface area (Å²) in [6, 6.07) is 0.0335. The van der Waals surface area contributed by atoms with Gasteiger partial charge in [0.15, 0.2) is 0 Å². The van der Waals surface area contributed by atoms with E-state index in [-0.39, 0.29) is 17.6 Å². The molecule has 19 heavy (non-hydrogen) atoms. The van der Waals surface area contributed by atoms with Crippen molar-refractivity contribution < 1.29 is 14.3 Å². The Morgan fingerprint density at radius 2 is 1.95 bits per heavy atom. The summed E-state index contributed by atoms with van der Waals surface area (Å²) in [4.78, 5) is 25.8. The van der Waals surface area contributed by atoms with Gasteiger partial charge < -0.3 is 15.0 Å². The third kappa shape index (κ3) is 2.42. The monoisotopic (exact) mass is 266 g/mol. The van der Waals surface area contributed by atoms with E-state index >= 15 is 0 Å². The van der Waals surface area contributed by atoms with Crippen molar-refractivity contribution in [1.82, 2.24) is 10.2 Å². The normalized spacial score (nSPS) is 35.6. The van der Waals surface area contributed by atoms with E-state index < -0.39 is 5.60 Å². The van der Waals surface area contributed by atoms with Crippen LogP contribution in [0.25, 0.3) is 0 Å². The van der Waals surface area contributed by atoms with Gasteiger partial charge in [0.05, 0.1) is 11.5 Å². The lowest BCUT2D eigenvalue weighted by Crippen LogP contribution is -2.41. The predicted octanol–water partition coefficient (Wildman–Crippen LogP) is 1.52. The number of carbonyl (C=O) groups excluding carboxylic acids is 2. The standard InChI is InChI=1S/C14H22N2O3/c1-13(2,3)19-12(18)15-10-4-5-16(8-10)11(17)14-6-9(14)7-14/h9-10H,4-8H2,1-3H3,(H,15,18)/t9?,10-,14?/m0/s1. The van der Waals surface area contributed by atoms with Crippen LogP contribution in [0.1, 0.15) is 40.0 Å². The zero-order valence-electron chi connectivity index (χ0n) is 11.9. The highest BCUT2D eigenvalue weighted by molar-refractivity contribution is 5.90. The van der Waals surface area contributed by atoms with E-state index in [1.165, 1.54) is 0 Å². The molecule has 1 heterocycles. The molecule has 0 bridgehead atoms. The van der Waals surface area contributed by atoms with Crippen LogP contribution in [0.15, 0.2) is 0 Å². The second-order valence-electron chi connectivity index (χ2n) is 7.14. The lowest BCUT2D eigenvalue weighted by Gasteiger charge is -2.22. The number of likely N-dealkylation sites (tertiary alicyclic amines) is 1. The number of nitrogens with one attached hydrogen (secondary N) is 1. The Balaban J connectivity index is 1.46. The van der Waals surface area contributed by atoms with Gasteiger partial charge in [0.25, 0.3) is 0 Å². The molecule has 0 spiro atoms. The lowest BCUT2D eigenvalue weighted by molar-refractivity contribution is -0.133. The molecule has 2 saturated carbocycles. The Bertz CT molecular complexity index is 421. The first-order valence-electron chi connectivity index (χ1n) is 7.09. The van der Waals surface area contributed by atoms with E-state index in [1.54, 1.807) is 0 Å². The van der Waals surface area contributed by atoms with E-state index in [1.807, 2.05) is 25.7 Å². The van der Waals surface area contributed by atoms with Crippen LogP contribution in [0, 0.1) is 11.3 Å². The highest BCUT2D eigenvalue weighted by Gasteiger charge is 2.75. The smallest absolute Gasteiger partial charge is 0.407 e. The molecule has 3 aliphatic rings. The molecule has 3 rings (SSSR count).